The molecule has 0 aromatic heterocycles. The molecule has 14 heavy (non-hydrogen) atoms. The second kappa shape index (κ2) is 4.17. The third-order valence-corrected chi connectivity index (χ3v) is 2.77. The molecule has 1 saturated heterocycles. The Morgan fingerprint density at radius 2 is 1.86 bits per heavy atom. The standard InChI is InChI=1S/C11H23NO2/c1-5-7-9(12)10(13)8(14-7)6-11(2,3)4/h7-10,13H,5-6,12H2,1-4H3. The van der Waals surface area contributed by atoms with Crippen LogP contribution in [0.2, 0.25) is 0 Å². The van der Waals surface area contributed by atoms with Crippen LogP contribution in [0.5, 0.6) is 0 Å². The molecule has 0 aliphatic carbocycles. The SMILES string of the molecule is CCC1OC(CC(C)(C)C)C(O)C1N. The largest absolute Gasteiger partial charge is 0.389 e. The highest BCUT2D eigenvalue weighted by Crippen LogP contribution is 2.31. The number of hydrogen-bond donors (Lipinski definition) is 2. The monoisotopic (exact) mass is 201 g/mol. The van der Waals surface area contributed by atoms with E-state index >= 15 is 0 Å². The topological polar surface area (TPSA) is 55.5 Å². The van der Waals surface area contributed by atoms with E-state index in [1.807, 2.05) is 6.92 Å². The minimum Gasteiger partial charge on any atom is -0.389 e. The molecule has 1 fully saturated rings. The van der Waals surface area contributed by atoms with Crippen molar-refractivity contribution in [1.82, 2.24) is 0 Å². The highest BCUT2D eigenvalue weighted by molar-refractivity contribution is 4.94. The molecule has 3 heteroatoms. The van der Waals surface area contributed by atoms with Crippen LogP contribution >= 0.6 is 0 Å². The van der Waals surface area contributed by atoms with Gasteiger partial charge in [0.25, 0.3) is 0 Å². The lowest BCUT2D eigenvalue weighted by atomic mass is 9.87. The normalized spacial score (nSPS) is 39.0. The van der Waals surface area contributed by atoms with Gasteiger partial charge in [0.2, 0.25) is 0 Å². The summed E-state index contributed by atoms with van der Waals surface area (Å²) in [5.74, 6) is 0. The van der Waals surface area contributed by atoms with Gasteiger partial charge >= 0.3 is 0 Å². The van der Waals surface area contributed by atoms with Gasteiger partial charge in [-0.3, -0.25) is 0 Å². The molecule has 0 aromatic carbocycles. The van der Waals surface area contributed by atoms with Crippen LogP contribution < -0.4 is 5.73 Å². The first kappa shape index (κ1) is 12.0. The molecule has 4 atom stereocenters. The van der Waals surface area contributed by atoms with Gasteiger partial charge in [-0.2, -0.15) is 0 Å². The van der Waals surface area contributed by atoms with Gasteiger partial charge in [0.05, 0.1) is 24.4 Å². The molecular weight excluding hydrogens is 178 g/mol. The number of aliphatic hydroxyl groups excluding tert-OH is 1. The smallest absolute Gasteiger partial charge is 0.0977 e. The summed E-state index contributed by atoms with van der Waals surface area (Å²) in [6.45, 7) is 8.48. The zero-order chi connectivity index (χ0) is 10.9. The van der Waals surface area contributed by atoms with Crippen LogP contribution in [-0.2, 0) is 4.74 Å². The summed E-state index contributed by atoms with van der Waals surface area (Å²) < 4.78 is 5.74. The molecule has 4 unspecified atom stereocenters. The maximum atomic E-state index is 9.87. The predicted molar refractivity (Wildman–Crippen MR) is 57.0 cm³/mol. The van der Waals surface area contributed by atoms with Gasteiger partial charge in [0.15, 0.2) is 0 Å². The third kappa shape index (κ3) is 2.69. The predicted octanol–water partition coefficient (Wildman–Crippen LogP) is 1.29. The second-order valence-corrected chi connectivity index (χ2v) is 5.45. The van der Waals surface area contributed by atoms with Crippen molar-refractivity contribution in [3.63, 3.8) is 0 Å². The molecule has 0 aromatic rings. The summed E-state index contributed by atoms with van der Waals surface area (Å²) in [4.78, 5) is 0. The molecule has 0 amide bonds. The first-order valence-electron chi connectivity index (χ1n) is 5.44. The summed E-state index contributed by atoms with van der Waals surface area (Å²) in [7, 11) is 0. The Labute approximate surface area is 86.6 Å². The lowest BCUT2D eigenvalue weighted by Crippen LogP contribution is -2.40. The Kier molecular flexibility index (Phi) is 3.56. The van der Waals surface area contributed by atoms with Crippen LogP contribution in [0.15, 0.2) is 0 Å². The molecule has 0 radical (unpaired) electrons. The van der Waals surface area contributed by atoms with E-state index in [0.717, 1.165) is 12.8 Å². The molecule has 1 heterocycles. The van der Waals surface area contributed by atoms with E-state index in [2.05, 4.69) is 20.8 Å². The number of hydrogen-bond acceptors (Lipinski definition) is 3. The van der Waals surface area contributed by atoms with Crippen molar-refractivity contribution < 1.29 is 9.84 Å². The van der Waals surface area contributed by atoms with Crippen molar-refractivity contribution in [3.05, 3.63) is 0 Å². The fourth-order valence-electron chi connectivity index (χ4n) is 2.00. The third-order valence-electron chi connectivity index (χ3n) is 2.77. The summed E-state index contributed by atoms with van der Waals surface area (Å²) in [5, 5.41) is 9.87. The van der Waals surface area contributed by atoms with Crippen LogP contribution in [0.25, 0.3) is 0 Å². The van der Waals surface area contributed by atoms with Gasteiger partial charge in [0.1, 0.15) is 0 Å². The maximum absolute atomic E-state index is 9.87. The quantitative estimate of drug-likeness (QED) is 0.708. The van der Waals surface area contributed by atoms with Gasteiger partial charge in [-0.1, -0.05) is 27.7 Å². The highest BCUT2D eigenvalue weighted by Gasteiger charge is 2.41. The summed E-state index contributed by atoms with van der Waals surface area (Å²) >= 11 is 0. The molecule has 3 nitrogen and oxygen atoms in total. The Morgan fingerprint density at radius 3 is 2.21 bits per heavy atom. The Morgan fingerprint density at radius 1 is 1.29 bits per heavy atom. The van der Waals surface area contributed by atoms with Gasteiger partial charge < -0.3 is 15.6 Å². The molecule has 3 N–H and O–H groups in total. The van der Waals surface area contributed by atoms with E-state index in [9.17, 15) is 5.11 Å². The molecule has 1 rings (SSSR count). The highest BCUT2D eigenvalue weighted by atomic mass is 16.5. The minimum absolute atomic E-state index is 0.0253. The summed E-state index contributed by atoms with van der Waals surface area (Å²) in [6.07, 6.45) is 1.17. The molecule has 0 spiro atoms. The second-order valence-electron chi connectivity index (χ2n) is 5.45. The van der Waals surface area contributed by atoms with Crippen molar-refractivity contribution in [3.8, 4) is 0 Å². The van der Waals surface area contributed by atoms with Gasteiger partial charge in [-0.15, -0.1) is 0 Å². The minimum atomic E-state index is -0.501. The fourth-order valence-corrected chi connectivity index (χ4v) is 2.00. The van der Waals surface area contributed by atoms with E-state index in [4.69, 9.17) is 10.5 Å². The average molecular weight is 201 g/mol. The summed E-state index contributed by atoms with van der Waals surface area (Å²) in [5.41, 5.74) is 6.04. The average Bonchev–Trinajstić information content (AvgIpc) is 2.30. The molecule has 0 bridgehead atoms. The van der Waals surface area contributed by atoms with Crippen molar-refractivity contribution in [2.75, 3.05) is 0 Å². The zero-order valence-corrected chi connectivity index (χ0v) is 9.66. The molecule has 0 saturated carbocycles. The lowest BCUT2D eigenvalue weighted by Gasteiger charge is -2.24. The van der Waals surface area contributed by atoms with Crippen molar-refractivity contribution >= 4 is 0 Å². The van der Waals surface area contributed by atoms with Crippen molar-refractivity contribution in [2.24, 2.45) is 11.1 Å². The number of ether oxygens (including phenoxy) is 1. The molecule has 84 valence electrons. The van der Waals surface area contributed by atoms with Crippen LogP contribution in [0, 0.1) is 5.41 Å². The Bertz CT molecular complexity index is 188. The van der Waals surface area contributed by atoms with E-state index in [0.29, 0.717) is 0 Å². The van der Waals surface area contributed by atoms with E-state index in [-0.39, 0.29) is 23.7 Å². The van der Waals surface area contributed by atoms with E-state index in [1.54, 1.807) is 0 Å². The Balaban J connectivity index is 2.57. The van der Waals surface area contributed by atoms with E-state index in [1.165, 1.54) is 0 Å². The number of aliphatic hydroxyl groups is 1. The Hall–Kier alpha value is -0.120. The van der Waals surface area contributed by atoms with Gasteiger partial charge in [-0.25, -0.2) is 0 Å². The molecule has 1 aliphatic rings. The first-order chi connectivity index (χ1) is 6.35. The van der Waals surface area contributed by atoms with Crippen molar-refractivity contribution in [2.45, 2.75) is 64.9 Å². The number of rotatable bonds is 2. The number of nitrogens with two attached hydrogens (primary N) is 1. The van der Waals surface area contributed by atoms with Crippen LogP contribution in [0.3, 0.4) is 0 Å². The van der Waals surface area contributed by atoms with Crippen LogP contribution in [0.1, 0.15) is 40.5 Å². The van der Waals surface area contributed by atoms with E-state index < -0.39 is 6.10 Å². The van der Waals surface area contributed by atoms with Gasteiger partial charge in [-0.05, 0) is 18.3 Å². The van der Waals surface area contributed by atoms with Crippen molar-refractivity contribution in [1.29, 1.82) is 0 Å². The zero-order valence-electron chi connectivity index (χ0n) is 9.66. The molecule has 1 aliphatic heterocycles. The van der Waals surface area contributed by atoms with Gasteiger partial charge in [0, 0.05) is 0 Å². The van der Waals surface area contributed by atoms with Crippen LogP contribution in [-0.4, -0.2) is 29.5 Å². The molecular formula is C11H23NO2. The first-order valence-corrected chi connectivity index (χ1v) is 5.44. The fraction of sp³-hybridized carbons (Fsp3) is 1.00. The van der Waals surface area contributed by atoms with Crippen LogP contribution in [0.4, 0.5) is 0 Å². The maximum Gasteiger partial charge on any atom is 0.0977 e. The lowest BCUT2D eigenvalue weighted by molar-refractivity contribution is -0.0129. The summed E-state index contributed by atoms with van der Waals surface area (Å²) in [6, 6.07) is -0.215.